The zero-order chi connectivity index (χ0) is 11.8. The van der Waals surface area contributed by atoms with E-state index in [0.29, 0.717) is 11.8 Å². The van der Waals surface area contributed by atoms with E-state index in [2.05, 4.69) is 26.2 Å². The van der Waals surface area contributed by atoms with Crippen LogP contribution < -0.4 is 5.73 Å². The first-order valence-corrected chi connectivity index (χ1v) is 7.20. The molecule has 1 aromatic heterocycles. The largest absolute Gasteiger partial charge is 0.319 e. The third kappa shape index (κ3) is 1.91. The topological polar surface area (TPSA) is 38.9 Å². The highest BCUT2D eigenvalue weighted by atomic mass is 32.1. The van der Waals surface area contributed by atoms with Gasteiger partial charge in [0.15, 0.2) is 0 Å². The van der Waals surface area contributed by atoms with Gasteiger partial charge in [0.25, 0.3) is 0 Å². The van der Waals surface area contributed by atoms with Crippen LogP contribution in [0.3, 0.4) is 0 Å². The zero-order valence-corrected chi connectivity index (χ0v) is 11.3. The highest BCUT2D eigenvalue weighted by molar-refractivity contribution is 7.09. The summed E-state index contributed by atoms with van der Waals surface area (Å²) in [4.78, 5) is 4.76. The minimum absolute atomic E-state index is 0.132. The molecular formula is C13H22N2S. The summed E-state index contributed by atoms with van der Waals surface area (Å²) in [6, 6.07) is 0. The van der Waals surface area contributed by atoms with Crippen LogP contribution in [0.1, 0.15) is 63.1 Å². The highest BCUT2D eigenvalue weighted by Crippen LogP contribution is 2.44. The molecule has 2 atom stereocenters. The number of aromatic nitrogens is 1. The lowest BCUT2D eigenvalue weighted by atomic mass is 9.87. The monoisotopic (exact) mass is 238 g/mol. The number of nitrogens with two attached hydrogens (primary N) is 1. The second-order valence-corrected chi connectivity index (χ2v) is 6.13. The molecule has 2 unspecified atom stereocenters. The fourth-order valence-corrected chi connectivity index (χ4v) is 3.92. The number of hydrogen-bond donors (Lipinski definition) is 1. The van der Waals surface area contributed by atoms with Gasteiger partial charge in [-0.2, -0.15) is 0 Å². The molecule has 0 spiro atoms. The normalized spacial score (nSPS) is 30.2. The van der Waals surface area contributed by atoms with Crippen molar-refractivity contribution in [3.05, 3.63) is 16.1 Å². The fraction of sp³-hybridized carbons (Fsp3) is 0.769. The Morgan fingerprint density at radius 2 is 2.38 bits per heavy atom. The van der Waals surface area contributed by atoms with Crippen LogP contribution >= 0.6 is 11.3 Å². The molecule has 0 radical (unpaired) electrons. The van der Waals surface area contributed by atoms with Gasteiger partial charge in [0.2, 0.25) is 0 Å². The average molecular weight is 238 g/mol. The smallest absolute Gasteiger partial charge is 0.113 e. The summed E-state index contributed by atoms with van der Waals surface area (Å²) in [5.74, 6) is 1.13. The van der Waals surface area contributed by atoms with Crippen LogP contribution in [-0.4, -0.2) is 4.98 Å². The molecule has 2 nitrogen and oxygen atoms in total. The Morgan fingerprint density at radius 3 is 2.94 bits per heavy atom. The van der Waals surface area contributed by atoms with Crippen molar-refractivity contribution in [3.63, 3.8) is 0 Å². The Kier molecular flexibility index (Phi) is 3.36. The molecule has 1 aliphatic carbocycles. The lowest BCUT2D eigenvalue weighted by molar-refractivity contribution is 0.314. The molecule has 2 N–H and O–H groups in total. The molecule has 1 heterocycles. The Labute approximate surface area is 102 Å². The first kappa shape index (κ1) is 12.1. The van der Waals surface area contributed by atoms with Gasteiger partial charge in [-0.1, -0.05) is 33.6 Å². The number of hydrogen-bond acceptors (Lipinski definition) is 3. The first-order valence-electron chi connectivity index (χ1n) is 6.32. The summed E-state index contributed by atoms with van der Waals surface area (Å²) >= 11 is 1.76. The Hall–Kier alpha value is -0.410. The van der Waals surface area contributed by atoms with Crippen molar-refractivity contribution in [1.29, 1.82) is 0 Å². The minimum atomic E-state index is -0.132. The molecule has 3 heteroatoms. The minimum Gasteiger partial charge on any atom is -0.319 e. The van der Waals surface area contributed by atoms with Crippen LogP contribution in [0.15, 0.2) is 5.38 Å². The van der Waals surface area contributed by atoms with Gasteiger partial charge in [-0.25, -0.2) is 4.98 Å². The maximum atomic E-state index is 6.60. The van der Waals surface area contributed by atoms with Crippen molar-refractivity contribution in [2.24, 2.45) is 11.7 Å². The molecule has 1 aliphatic rings. The van der Waals surface area contributed by atoms with E-state index < -0.39 is 0 Å². The molecule has 16 heavy (non-hydrogen) atoms. The number of rotatable bonds is 3. The van der Waals surface area contributed by atoms with Crippen molar-refractivity contribution >= 4 is 11.3 Å². The molecule has 1 fully saturated rings. The molecule has 0 amide bonds. The molecule has 2 rings (SSSR count). The van der Waals surface area contributed by atoms with Crippen LogP contribution in [-0.2, 0) is 5.54 Å². The summed E-state index contributed by atoms with van der Waals surface area (Å²) in [6.45, 7) is 6.62. The van der Waals surface area contributed by atoms with Gasteiger partial charge in [0.1, 0.15) is 5.01 Å². The third-order valence-corrected chi connectivity index (χ3v) is 4.93. The van der Waals surface area contributed by atoms with Gasteiger partial charge in [0, 0.05) is 5.38 Å². The van der Waals surface area contributed by atoms with E-state index >= 15 is 0 Å². The maximum Gasteiger partial charge on any atom is 0.113 e. The van der Waals surface area contributed by atoms with Crippen molar-refractivity contribution in [3.8, 4) is 0 Å². The van der Waals surface area contributed by atoms with E-state index in [4.69, 9.17) is 10.7 Å². The molecule has 0 bridgehead atoms. The summed E-state index contributed by atoms with van der Waals surface area (Å²) in [6.07, 6.45) is 4.80. The van der Waals surface area contributed by atoms with Crippen molar-refractivity contribution in [1.82, 2.24) is 4.98 Å². The third-order valence-electron chi connectivity index (χ3n) is 3.88. The lowest BCUT2D eigenvalue weighted by Crippen LogP contribution is -2.40. The van der Waals surface area contributed by atoms with Crippen molar-refractivity contribution < 1.29 is 0 Å². The van der Waals surface area contributed by atoms with Gasteiger partial charge >= 0.3 is 0 Å². The SMILES string of the molecule is CCC1CCCC1(N)c1nc(C(C)C)cs1. The van der Waals surface area contributed by atoms with E-state index in [0.717, 1.165) is 6.42 Å². The van der Waals surface area contributed by atoms with E-state index in [-0.39, 0.29) is 5.54 Å². The average Bonchev–Trinajstić information content (AvgIpc) is 2.83. The molecule has 0 aromatic carbocycles. The summed E-state index contributed by atoms with van der Waals surface area (Å²) < 4.78 is 0. The van der Waals surface area contributed by atoms with Crippen LogP contribution in [0.25, 0.3) is 0 Å². The number of nitrogens with zero attached hydrogens (tertiary/aromatic N) is 1. The number of thiazole rings is 1. The standard InChI is InChI=1S/C13H22N2S/c1-4-10-6-5-7-13(10,14)12-15-11(8-16-12)9(2)3/h8-10H,4-7,14H2,1-3H3. The van der Waals surface area contributed by atoms with Gasteiger partial charge in [-0.15, -0.1) is 11.3 Å². The van der Waals surface area contributed by atoms with Crippen LogP contribution in [0.2, 0.25) is 0 Å². The molecule has 90 valence electrons. The predicted octanol–water partition coefficient (Wildman–Crippen LogP) is 3.63. The van der Waals surface area contributed by atoms with E-state index in [1.165, 1.54) is 30.0 Å². The Bertz CT molecular complexity index is 359. The Balaban J connectivity index is 2.28. The van der Waals surface area contributed by atoms with E-state index in [9.17, 15) is 0 Å². The Morgan fingerprint density at radius 1 is 1.62 bits per heavy atom. The van der Waals surface area contributed by atoms with Crippen LogP contribution in [0.5, 0.6) is 0 Å². The van der Waals surface area contributed by atoms with Crippen LogP contribution in [0.4, 0.5) is 0 Å². The highest BCUT2D eigenvalue weighted by Gasteiger charge is 2.42. The summed E-state index contributed by atoms with van der Waals surface area (Å²) in [5, 5.41) is 3.35. The second kappa shape index (κ2) is 4.46. The molecule has 1 aromatic rings. The van der Waals surface area contributed by atoms with Crippen molar-refractivity contribution in [2.45, 2.75) is 57.9 Å². The van der Waals surface area contributed by atoms with Crippen LogP contribution in [0, 0.1) is 5.92 Å². The quantitative estimate of drug-likeness (QED) is 0.873. The van der Waals surface area contributed by atoms with E-state index in [1.807, 2.05) is 0 Å². The van der Waals surface area contributed by atoms with E-state index in [1.54, 1.807) is 11.3 Å². The van der Waals surface area contributed by atoms with Gasteiger partial charge in [0.05, 0.1) is 11.2 Å². The summed E-state index contributed by atoms with van der Waals surface area (Å²) in [7, 11) is 0. The second-order valence-electron chi connectivity index (χ2n) is 5.27. The molecular weight excluding hydrogens is 216 g/mol. The van der Waals surface area contributed by atoms with Crippen molar-refractivity contribution in [2.75, 3.05) is 0 Å². The van der Waals surface area contributed by atoms with Gasteiger partial charge < -0.3 is 5.73 Å². The molecule has 0 saturated heterocycles. The van der Waals surface area contributed by atoms with Gasteiger partial charge in [-0.3, -0.25) is 0 Å². The van der Waals surface area contributed by atoms with Gasteiger partial charge in [-0.05, 0) is 24.7 Å². The fourth-order valence-electron chi connectivity index (χ4n) is 2.72. The molecule has 0 aliphatic heterocycles. The maximum absolute atomic E-state index is 6.60. The molecule has 1 saturated carbocycles. The summed E-state index contributed by atoms with van der Waals surface area (Å²) in [5.41, 5.74) is 7.66. The predicted molar refractivity (Wildman–Crippen MR) is 69.7 cm³/mol. The zero-order valence-electron chi connectivity index (χ0n) is 10.5. The first-order chi connectivity index (χ1) is 7.58. The lowest BCUT2D eigenvalue weighted by Gasteiger charge is -2.28.